The molecule has 0 radical (unpaired) electrons. The van der Waals surface area contributed by atoms with Crippen LogP contribution >= 0.6 is 11.6 Å². The molecule has 0 saturated heterocycles. The van der Waals surface area contributed by atoms with Crippen LogP contribution in [-0.4, -0.2) is 21.0 Å². The molecule has 1 aliphatic carbocycles. The SMILES string of the molecule is Cn1nc(CC2CCC2O)cc1Cl. The van der Waals surface area contributed by atoms with E-state index in [9.17, 15) is 5.11 Å². The van der Waals surface area contributed by atoms with Crippen molar-refractivity contribution in [1.29, 1.82) is 0 Å². The molecule has 0 amide bonds. The summed E-state index contributed by atoms with van der Waals surface area (Å²) < 4.78 is 1.65. The van der Waals surface area contributed by atoms with Gasteiger partial charge in [0.05, 0.1) is 11.8 Å². The third-order valence-electron chi connectivity index (χ3n) is 2.72. The Bertz CT molecular complexity index is 291. The summed E-state index contributed by atoms with van der Waals surface area (Å²) in [4.78, 5) is 0. The highest BCUT2D eigenvalue weighted by atomic mass is 35.5. The summed E-state index contributed by atoms with van der Waals surface area (Å²) in [5, 5.41) is 14.3. The molecule has 1 heterocycles. The molecule has 1 aliphatic rings. The topological polar surface area (TPSA) is 38.0 Å². The van der Waals surface area contributed by atoms with Gasteiger partial charge in [0, 0.05) is 7.05 Å². The Morgan fingerprint density at radius 2 is 2.46 bits per heavy atom. The van der Waals surface area contributed by atoms with Crippen molar-refractivity contribution >= 4 is 11.6 Å². The lowest BCUT2D eigenvalue weighted by Gasteiger charge is -2.31. The quantitative estimate of drug-likeness (QED) is 0.784. The maximum Gasteiger partial charge on any atom is 0.126 e. The van der Waals surface area contributed by atoms with E-state index in [1.54, 1.807) is 4.68 Å². The molecule has 1 saturated carbocycles. The summed E-state index contributed by atoms with van der Waals surface area (Å²) >= 11 is 5.85. The second kappa shape index (κ2) is 3.31. The standard InChI is InChI=1S/C9H13ClN2O/c1-12-9(10)5-7(11-12)4-6-2-3-8(6)13/h5-6,8,13H,2-4H2,1H3. The van der Waals surface area contributed by atoms with Gasteiger partial charge in [-0.3, -0.25) is 4.68 Å². The van der Waals surface area contributed by atoms with Crippen molar-refractivity contribution in [3.63, 3.8) is 0 Å². The molecule has 0 aromatic carbocycles. The van der Waals surface area contributed by atoms with Crippen molar-refractivity contribution in [2.45, 2.75) is 25.4 Å². The van der Waals surface area contributed by atoms with Crippen LogP contribution in [0.15, 0.2) is 6.07 Å². The van der Waals surface area contributed by atoms with Crippen LogP contribution in [-0.2, 0) is 13.5 Å². The molecular weight excluding hydrogens is 188 g/mol. The lowest BCUT2D eigenvalue weighted by atomic mass is 9.79. The maximum absolute atomic E-state index is 9.38. The normalized spacial score (nSPS) is 27.3. The fraction of sp³-hybridized carbons (Fsp3) is 0.667. The van der Waals surface area contributed by atoms with Crippen LogP contribution in [0, 0.1) is 5.92 Å². The predicted octanol–water partition coefficient (Wildman–Crippen LogP) is 1.39. The first-order chi connectivity index (χ1) is 6.16. The lowest BCUT2D eigenvalue weighted by molar-refractivity contribution is 0.0238. The second-order valence-electron chi connectivity index (χ2n) is 3.69. The van der Waals surface area contributed by atoms with Gasteiger partial charge >= 0.3 is 0 Å². The third kappa shape index (κ3) is 1.71. The van der Waals surface area contributed by atoms with E-state index in [-0.39, 0.29) is 6.10 Å². The van der Waals surface area contributed by atoms with Crippen LogP contribution in [0.1, 0.15) is 18.5 Å². The Labute approximate surface area is 82.3 Å². The monoisotopic (exact) mass is 200 g/mol. The van der Waals surface area contributed by atoms with Gasteiger partial charge in [0.15, 0.2) is 0 Å². The molecule has 2 rings (SSSR count). The van der Waals surface area contributed by atoms with E-state index in [1.807, 2.05) is 13.1 Å². The van der Waals surface area contributed by atoms with E-state index in [1.165, 1.54) is 0 Å². The molecular formula is C9H13ClN2O. The predicted molar refractivity (Wildman–Crippen MR) is 50.7 cm³/mol. The number of aryl methyl sites for hydroxylation is 1. The molecule has 0 spiro atoms. The van der Waals surface area contributed by atoms with E-state index in [2.05, 4.69) is 5.10 Å². The van der Waals surface area contributed by atoms with Crippen molar-refractivity contribution in [3.05, 3.63) is 16.9 Å². The highest BCUT2D eigenvalue weighted by Gasteiger charge is 2.29. The molecule has 3 nitrogen and oxygen atoms in total. The summed E-state index contributed by atoms with van der Waals surface area (Å²) in [6.07, 6.45) is 2.77. The first-order valence-electron chi connectivity index (χ1n) is 4.53. The van der Waals surface area contributed by atoms with Crippen LogP contribution in [0.2, 0.25) is 5.15 Å². The van der Waals surface area contributed by atoms with Crippen LogP contribution < -0.4 is 0 Å². The zero-order chi connectivity index (χ0) is 9.42. The Hall–Kier alpha value is -0.540. The van der Waals surface area contributed by atoms with Crippen molar-refractivity contribution < 1.29 is 5.11 Å². The summed E-state index contributed by atoms with van der Waals surface area (Å²) in [7, 11) is 1.82. The van der Waals surface area contributed by atoms with Crippen LogP contribution in [0.25, 0.3) is 0 Å². The number of hydrogen-bond acceptors (Lipinski definition) is 2. The molecule has 2 unspecified atom stereocenters. The van der Waals surface area contributed by atoms with E-state index in [0.717, 1.165) is 25.0 Å². The van der Waals surface area contributed by atoms with Gasteiger partial charge in [0.2, 0.25) is 0 Å². The highest BCUT2D eigenvalue weighted by Crippen LogP contribution is 2.30. The van der Waals surface area contributed by atoms with E-state index in [0.29, 0.717) is 11.1 Å². The average molecular weight is 201 g/mol. The number of aliphatic hydroxyl groups is 1. The van der Waals surface area contributed by atoms with Gasteiger partial charge in [-0.1, -0.05) is 11.6 Å². The number of hydrogen-bond donors (Lipinski definition) is 1. The number of aliphatic hydroxyl groups excluding tert-OH is 1. The molecule has 1 aromatic heterocycles. The third-order valence-corrected chi connectivity index (χ3v) is 3.08. The number of aromatic nitrogens is 2. The summed E-state index contributed by atoms with van der Waals surface area (Å²) in [5.41, 5.74) is 0.983. The molecule has 72 valence electrons. The van der Waals surface area contributed by atoms with Crippen molar-refractivity contribution in [2.75, 3.05) is 0 Å². The Balaban J connectivity index is 2.01. The Kier molecular flexibility index (Phi) is 2.30. The zero-order valence-electron chi connectivity index (χ0n) is 7.57. The van der Waals surface area contributed by atoms with E-state index in [4.69, 9.17) is 11.6 Å². The zero-order valence-corrected chi connectivity index (χ0v) is 8.33. The van der Waals surface area contributed by atoms with Crippen LogP contribution in [0.5, 0.6) is 0 Å². The molecule has 1 N–H and O–H groups in total. The van der Waals surface area contributed by atoms with Gasteiger partial charge < -0.3 is 5.11 Å². The average Bonchev–Trinajstić information content (AvgIpc) is 2.40. The minimum atomic E-state index is -0.124. The molecule has 4 heteroatoms. The van der Waals surface area contributed by atoms with Crippen LogP contribution in [0.3, 0.4) is 0 Å². The first-order valence-corrected chi connectivity index (χ1v) is 4.91. The van der Waals surface area contributed by atoms with E-state index >= 15 is 0 Å². The van der Waals surface area contributed by atoms with Gasteiger partial charge in [-0.2, -0.15) is 5.10 Å². The second-order valence-corrected chi connectivity index (χ2v) is 4.08. The Morgan fingerprint density at radius 3 is 2.85 bits per heavy atom. The van der Waals surface area contributed by atoms with Crippen molar-refractivity contribution in [2.24, 2.45) is 13.0 Å². The molecule has 13 heavy (non-hydrogen) atoms. The molecule has 0 bridgehead atoms. The minimum Gasteiger partial charge on any atom is -0.393 e. The molecule has 0 aliphatic heterocycles. The van der Waals surface area contributed by atoms with Gasteiger partial charge in [0.1, 0.15) is 5.15 Å². The Morgan fingerprint density at radius 1 is 1.69 bits per heavy atom. The smallest absolute Gasteiger partial charge is 0.126 e. The minimum absolute atomic E-state index is 0.124. The van der Waals surface area contributed by atoms with Gasteiger partial charge in [-0.25, -0.2) is 0 Å². The largest absolute Gasteiger partial charge is 0.393 e. The summed E-state index contributed by atoms with van der Waals surface area (Å²) in [6, 6.07) is 1.87. The van der Waals surface area contributed by atoms with Crippen molar-refractivity contribution in [1.82, 2.24) is 9.78 Å². The number of halogens is 1. The fourth-order valence-electron chi connectivity index (χ4n) is 1.66. The van der Waals surface area contributed by atoms with Crippen LogP contribution in [0.4, 0.5) is 0 Å². The van der Waals surface area contributed by atoms with Gasteiger partial charge in [0.25, 0.3) is 0 Å². The highest BCUT2D eigenvalue weighted by molar-refractivity contribution is 6.29. The lowest BCUT2D eigenvalue weighted by Crippen LogP contribution is -2.32. The van der Waals surface area contributed by atoms with Gasteiger partial charge in [-0.15, -0.1) is 0 Å². The van der Waals surface area contributed by atoms with Gasteiger partial charge in [-0.05, 0) is 31.2 Å². The maximum atomic E-state index is 9.38. The summed E-state index contributed by atoms with van der Waals surface area (Å²) in [5.74, 6) is 0.394. The molecule has 1 aromatic rings. The first kappa shape index (κ1) is 9.03. The fourth-order valence-corrected chi connectivity index (χ4v) is 1.82. The van der Waals surface area contributed by atoms with Crippen molar-refractivity contribution in [3.8, 4) is 0 Å². The molecule has 2 atom stereocenters. The summed E-state index contributed by atoms with van der Waals surface area (Å²) in [6.45, 7) is 0. The number of nitrogens with zero attached hydrogens (tertiary/aromatic N) is 2. The number of rotatable bonds is 2. The molecule has 1 fully saturated rings. The van der Waals surface area contributed by atoms with E-state index < -0.39 is 0 Å².